The molecule has 102 valence electrons. The average Bonchev–Trinajstić information content (AvgIpc) is 2.40. The third kappa shape index (κ3) is 3.51. The number of carbonyl (C=O) groups is 1. The van der Waals surface area contributed by atoms with E-state index in [1.807, 2.05) is 0 Å². The molecule has 0 unspecified atom stereocenters. The number of nitro benzene ring substituents is 1. The largest absolute Gasteiger partial charge is 0.369 e. The second-order valence-corrected chi connectivity index (χ2v) is 4.88. The van der Waals surface area contributed by atoms with Crippen LogP contribution in [-0.2, 0) is 11.3 Å². The Morgan fingerprint density at radius 2 is 1.89 bits per heavy atom. The normalized spacial score (nSPS) is 17.3. The van der Waals surface area contributed by atoms with Gasteiger partial charge in [-0.2, -0.15) is 0 Å². The molecule has 0 bridgehead atoms. The zero-order chi connectivity index (χ0) is 13.8. The minimum atomic E-state index is -0.401. The summed E-state index contributed by atoms with van der Waals surface area (Å²) in [6.07, 6.45) is 1.59. The zero-order valence-electron chi connectivity index (χ0n) is 10.6. The summed E-state index contributed by atoms with van der Waals surface area (Å²) in [5.74, 6) is -0.219. The number of nitro groups is 1. The first-order valence-electron chi connectivity index (χ1n) is 6.31. The predicted octanol–water partition coefficient (Wildman–Crippen LogP) is 1.29. The number of primary amides is 1. The summed E-state index contributed by atoms with van der Waals surface area (Å²) < 4.78 is 0. The molecule has 0 atom stereocenters. The molecule has 1 saturated heterocycles. The molecule has 0 spiro atoms. The Labute approximate surface area is 111 Å². The van der Waals surface area contributed by atoms with Crippen molar-refractivity contribution in [2.45, 2.75) is 19.4 Å². The molecule has 6 heteroatoms. The topological polar surface area (TPSA) is 89.5 Å². The molecule has 1 fully saturated rings. The molecule has 1 aliphatic heterocycles. The van der Waals surface area contributed by atoms with Gasteiger partial charge in [-0.1, -0.05) is 12.1 Å². The van der Waals surface area contributed by atoms with Gasteiger partial charge in [0.05, 0.1) is 4.92 Å². The molecule has 1 heterocycles. The minimum Gasteiger partial charge on any atom is -0.369 e. The van der Waals surface area contributed by atoms with Gasteiger partial charge in [-0.05, 0) is 31.5 Å². The van der Waals surface area contributed by atoms with E-state index in [0.717, 1.165) is 38.0 Å². The predicted molar refractivity (Wildman–Crippen MR) is 70.3 cm³/mol. The van der Waals surface area contributed by atoms with Crippen LogP contribution in [0.4, 0.5) is 5.69 Å². The summed E-state index contributed by atoms with van der Waals surface area (Å²) in [6, 6.07) is 6.59. The number of benzene rings is 1. The number of piperidine rings is 1. The minimum absolute atomic E-state index is 0.00638. The Hall–Kier alpha value is -1.95. The molecule has 2 N–H and O–H groups in total. The highest BCUT2D eigenvalue weighted by atomic mass is 16.6. The van der Waals surface area contributed by atoms with Gasteiger partial charge >= 0.3 is 0 Å². The molecule has 0 aliphatic carbocycles. The van der Waals surface area contributed by atoms with Crippen molar-refractivity contribution in [2.24, 2.45) is 11.7 Å². The van der Waals surface area contributed by atoms with Crippen molar-refractivity contribution in [3.63, 3.8) is 0 Å². The van der Waals surface area contributed by atoms with Crippen LogP contribution in [0.15, 0.2) is 24.3 Å². The summed E-state index contributed by atoms with van der Waals surface area (Å²) in [5, 5.41) is 10.6. The van der Waals surface area contributed by atoms with Gasteiger partial charge in [0, 0.05) is 24.6 Å². The third-order valence-electron chi connectivity index (χ3n) is 3.54. The Morgan fingerprint density at radius 1 is 1.32 bits per heavy atom. The maximum absolute atomic E-state index is 11.1. The monoisotopic (exact) mass is 263 g/mol. The molecule has 1 aromatic rings. The molecule has 2 rings (SSSR count). The van der Waals surface area contributed by atoms with Gasteiger partial charge < -0.3 is 5.73 Å². The van der Waals surface area contributed by atoms with Crippen molar-refractivity contribution in [1.29, 1.82) is 0 Å². The van der Waals surface area contributed by atoms with E-state index in [9.17, 15) is 14.9 Å². The Morgan fingerprint density at radius 3 is 2.37 bits per heavy atom. The van der Waals surface area contributed by atoms with E-state index in [4.69, 9.17) is 5.73 Å². The Bertz CT molecular complexity index is 465. The summed E-state index contributed by atoms with van der Waals surface area (Å²) in [5.41, 5.74) is 6.44. The van der Waals surface area contributed by atoms with Crippen LogP contribution in [0, 0.1) is 16.0 Å². The number of carbonyl (C=O) groups excluding carboxylic acids is 1. The van der Waals surface area contributed by atoms with Crippen LogP contribution in [0.5, 0.6) is 0 Å². The Balaban J connectivity index is 1.88. The average molecular weight is 263 g/mol. The van der Waals surface area contributed by atoms with Crippen molar-refractivity contribution in [3.05, 3.63) is 39.9 Å². The maximum Gasteiger partial charge on any atom is 0.269 e. The molecule has 1 aromatic carbocycles. The second kappa shape index (κ2) is 5.79. The lowest BCUT2D eigenvalue weighted by Gasteiger charge is -2.30. The fourth-order valence-corrected chi connectivity index (χ4v) is 2.36. The van der Waals surface area contributed by atoms with Gasteiger partial charge in [0.15, 0.2) is 0 Å². The molecular weight excluding hydrogens is 246 g/mol. The van der Waals surface area contributed by atoms with E-state index in [1.165, 1.54) is 12.1 Å². The van der Waals surface area contributed by atoms with Crippen LogP contribution < -0.4 is 5.73 Å². The molecule has 0 saturated carbocycles. The number of likely N-dealkylation sites (tertiary alicyclic amines) is 1. The van der Waals surface area contributed by atoms with Crippen LogP contribution >= 0.6 is 0 Å². The number of amides is 1. The lowest BCUT2D eigenvalue weighted by Crippen LogP contribution is -2.38. The van der Waals surface area contributed by atoms with Gasteiger partial charge in [0.1, 0.15) is 0 Å². The number of hydrogen-bond donors (Lipinski definition) is 1. The summed E-state index contributed by atoms with van der Waals surface area (Å²) in [7, 11) is 0. The number of nitrogens with two attached hydrogens (primary N) is 1. The molecule has 6 nitrogen and oxygen atoms in total. The fraction of sp³-hybridized carbons (Fsp3) is 0.462. The van der Waals surface area contributed by atoms with E-state index >= 15 is 0 Å². The number of non-ortho nitro benzene ring substituents is 1. The first kappa shape index (κ1) is 13.5. The number of rotatable bonds is 4. The third-order valence-corrected chi connectivity index (χ3v) is 3.54. The lowest BCUT2D eigenvalue weighted by atomic mass is 9.96. The van der Waals surface area contributed by atoms with Crippen LogP contribution in [0.1, 0.15) is 18.4 Å². The van der Waals surface area contributed by atoms with E-state index in [-0.39, 0.29) is 17.5 Å². The van der Waals surface area contributed by atoms with Crippen LogP contribution in [0.3, 0.4) is 0 Å². The number of nitrogens with zero attached hydrogens (tertiary/aromatic N) is 2. The van der Waals surface area contributed by atoms with Crippen molar-refractivity contribution in [2.75, 3.05) is 13.1 Å². The first-order valence-corrected chi connectivity index (χ1v) is 6.31. The summed E-state index contributed by atoms with van der Waals surface area (Å²) in [6.45, 7) is 2.43. The highest BCUT2D eigenvalue weighted by Crippen LogP contribution is 2.19. The van der Waals surface area contributed by atoms with Gasteiger partial charge in [-0.25, -0.2) is 0 Å². The summed E-state index contributed by atoms with van der Waals surface area (Å²) >= 11 is 0. The maximum atomic E-state index is 11.1. The van der Waals surface area contributed by atoms with Crippen molar-refractivity contribution in [1.82, 2.24) is 4.90 Å². The quantitative estimate of drug-likeness (QED) is 0.654. The second-order valence-electron chi connectivity index (χ2n) is 4.88. The highest BCUT2D eigenvalue weighted by molar-refractivity contribution is 5.76. The lowest BCUT2D eigenvalue weighted by molar-refractivity contribution is -0.384. The van der Waals surface area contributed by atoms with E-state index in [2.05, 4.69) is 4.90 Å². The highest BCUT2D eigenvalue weighted by Gasteiger charge is 2.22. The molecule has 0 radical (unpaired) electrons. The zero-order valence-corrected chi connectivity index (χ0v) is 10.6. The molecular formula is C13H17N3O3. The van der Waals surface area contributed by atoms with Crippen LogP contribution in [0.25, 0.3) is 0 Å². The van der Waals surface area contributed by atoms with Gasteiger partial charge in [-0.15, -0.1) is 0 Å². The molecule has 1 amide bonds. The summed E-state index contributed by atoms with van der Waals surface area (Å²) in [4.78, 5) is 23.5. The van der Waals surface area contributed by atoms with Crippen molar-refractivity contribution in [3.8, 4) is 0 Å². The van der Waals surface area contributed by atoms with Crippen LogP contribution in [-0.4, -0.2) is 28.8 Å². The van der Waals surface area contributed by atoms with Gasteiger partial charge in [-0.3, -0.25) is 19.8 Å². The van der Waals surface area contributed by atoms with E-state index < -0.39 is 4.92 Å². The van der Waals surface area contributed by atoms with Crippen molar-refractivity contribution < 1.29 is 9.72 Å². The first-order chi connectivity index (χ1) is 9.06. The Kier molecular flexibility index (Phi) is 4.11. The fourth-order valence-electron chi connectivity index (χ4n) is 2.36. The van der Waals surface area contributed by atoms with Crippen molar-refractivity contribution >= 4 is 11.6 Å². The van der Waals surface area contributed by atoms with Crippen LogP contribution in [0.2, 0.25) is 0 Å². The SMILES string of the molecule is NC(=O)C1CCN(Cc2ccc([N+](=O)[O-])cc2)CC1. The standard InChI is InChI=1S/C13H17N3O3/c14-13(17)11-5-7-15(8-6-11)9-10-1-3-12(4-2-10)16(18)19/h1-4,11H,5-9H2,(H2,14,17). The van der Waals surface area contributed by atoms with E-state index in [1.54, 1.807) is 12.1 Å². The molecule has 19 heavy (non-hydrogen) atoms. The number of hydrogen-bond acceptors (Lipinski definition) is 4. The molecule has 1 aliphatic rings. The van der Waals surface area contributed by atoms with Gasteiger partial charge in [0.25, 0.3) is 5.69 Å². The van der Waals surface area contributed by atoms with E-state index in [0.29, 0.717) is 0 Å². The smallest absolute Gasteiger partial charge is 0.269 e. The van der Waals surface area contributed by atoms with Gasteiger partial charge in [0.2, 0.25) is 5.91 Å². The molecule has 0 aromatic heterocycles.